The number of likely N-dealkylation sites (tertiary alicyclic amines) is 1. The van der Waals surface area contributed by atoms with Crippen molar-refractivity contribution in [3.05, 3.63) is 0 Å². The maximum Gasteiger partial charge on any atom is 0.326 e. The van der Waals surface area contributed by atoms with Gasteiger partial charge in [-0.05, 0) is 38.6 Å². The van der Waals surface area contributed by atoms with E-state index < -0.39 is 53.8 Å². The van der Waals surface area contributed by atoms with Gasteiger partial charge in [0.25, 0.3) is 0 Å². The first-order valence-electron chi connectivity index (χ1n) is 10.6. The van der Waals surface area contributed by atoms with Gasteiger partial charge in [0.05, 0.1) is 6.04 Å². The highest BCUT2D eigenvalue weighted by Gasteiger charge is 2.38. The van der Waals surface area contributed by atoms with Gasteiger partial charge in [-0.15, -0.1) is 0 Å². The number of nitrogens with one attached hydrogen (secondary N) is 2. The number of nitrogens with two attached hydrogens (primary N) is 3. The van der Waals surface area contributed by atoms with Crippen LogP contribution in [-0.2, 0) is 24.0 Å². The number of nitrogens with zero attached hydrogens (tertiary/aromatic N) is 1. The van der Waals surface area contributed by atoms with E-state index in [9.17, 15) is 29.1 Å². The highest BCUT2D eigenvalue weighted by Crippen LogP contribution is 2.19. The zero-order chi connectivity index (χ0) is 24.3. The number of amides is 4. The van der Waals surface area contributed by atoms with Crippen molar-refractivity contribution in [1.82, 2.24) is 15.5 Å². The van der Waals surface area contributed by atoms with Crippen LogP contribution in [0.25, 0.3) is 0 Å². The summed E-state index contributed by atoms with van der Waals surface area (Å²) in [7, 11) is 0. The maximum absolute atomic E-state index is 12.8. The molecule has 12 nitrogen and oxygen atoms in total. The Morgan fingerprint density at radius 3 is 2.28 bits per heavy atom. The zero-order valence-electron chi connectivity index (χ0n) is 18.0. The van der Waals surface area contributed by atoms with E-state index in [1.807, 2.05) is 0 Å². The van der Waals surface area contributed by atoms with Crippen LogP contribution >= 0.6 is 12.6 Å². The molecule has 4 amide bonds. The summed E-state index contributed by atoms with van der Waals surface area (Å²) < 4.78 is 0. The zero-order valence-corrected chi connectivity index (χ0v) is 18.9. The van der Waals surface area contributed by atoms with Gasteiger partial charge in [-0.3, -0.25) is 19.2 Å². The highest BCUT2D eigenvalue weighted by molar-refractivity contribution is 7.80. The third-order valence-corrected chi connectivity index (χ3v) is 5.60. The molecule has 182 valence electrons. The number of hydrogen-bond donors (Lipinski definition) is 7. The number of thiol groups is 1. The molecular weight excluding hydrogens is 440 g/mol. The summed E-state index contributed by atoms with van der Waals surface area (Å²) in [6.45, 7) is 0.728. The Morgan fingerprint density at radius 2 is 1.72 bits per heavy atom. The summed E-state index contributed by atoms with van der Waals surface area (Å²) in [6.07, 6.45) is 2.32. The molecule has 0 radical (unpaired) electrons. The lowest BCUT2D eigenvalue weighted by Crippen LogP contribution is -2.57. The number of primary amides is 1. The summed E-state index contributed by atoms with van der Waals surface area (Å²) in [4.78, 5) is 61.8. The van der Waals surface area contributed by atoms with Crippen molar-refractivity contribution in [2.24, 2.45) is 17.2 Å². The lowest BCUT2D eigenvalue weighted by molar-refractivity contribution is -0.149. The monoisotopic (exact) mass is 474 g/mol. The Bertz CT molecular complexity index is 693. The van der Waals surface area contributed by atoms with Gasteiger partial charge in [-0.1, -0.05) is 6.42 Å². The van der Waals surface area contributed by atoms with Crippen molar-refractivity contribution >= 4 is 42.2 Å². The topological polar surface area (TPSA) is 211 Å². The summed E-state index contributed by atoms with van der Waals surface area (Å²) in [5.74, 6) is -3.72. The summed E-state index contributed by atoms with van der Waals surface area (Å²) >= 11 is 4.11. The van der Waals surface area contributed by atoms with Gasteiger partial charge in [0.2, 0.25) is 23.6 Å². The maximum atomic E-state index is 12.8. The minimum atomic E-state index is -1.15. The predicted molar refractivity (Wildman–Crippen MR) is 119 cm³/mol. The van der Waals surface area contributed by atoms with Crippen molar-refractivity contribution in [2.75, 3.05) is 18.8 Å². The Labute approximate surface area is 192 Å². The summed E-state index contributed by atoms with van der Waals surface area (Å²) in [6, 6.07) is -4.08. The number of carboxylic acid groups (broad SMARTS) is 1. The van der Waals surface area contributed by atoms with Crippen LogP contribution in [-0.4, -0.2) is 82.6 Å². The second-order valence-corrected chi connectivity index (χ2v) is 8.09. The van der Waals surface area contributed by atoms with E-state index in [2.05, 4.69) is 23.3 Å². The Balaban J connectivity index is 2.84. The van der Waals surface area contributed by atoms with Gasteiger partial charge in [0.1, 0.15) is 18.1 Å². The molecule has 1 heterocycles. The van der Waals surface area contributed by atoms with E-state index in [-0.39, 0.29) is 25.1 Å². The predicted octanol–water partition coefficient (Wildman–Crippen LogP) is -2.32. The SMILES string of the molecule is NCCCCC(N)C(=O)NC(CCC(N)=O)C(=O)NC(CS)C(=O)N1CCCC1C(=O)O. The van der Waals surface area contributed by atoms with E-state index in [0.717, 1.165) is 0 Å². The standard InChI is InChI=1S/C19H34N6O6S/c20-8-2-1-4-11(21)16(27)23-12(6-7-15(22)26)17(28)24-13(10-32)18(29)25-9-3-5-14(25)19(30)31/h11-14,32H,1-10,20-21H2,(H2,22,26)(H,23,27)(H,24,28)(H,30,31). The molecule has 1 aliphatic rings. The van der Waals surface area contributed by atoms with Crippen molar-refractivity contribution in [2.45, 2.75) is 69.1 Å². The van der Waals surface area contributed by atoms with Crippen molar-refractivity contribution in [1.29, 1.82) is 0 Å². The number of carboxylic acids is 1. The van der Waals surface area contributed by atoms with E-state index >= 15 is 0 Å². The van der Waals surface area contributed by atoms with Crippen LogP contribution < -0.4 is 27.8 Å². The first-order chi connectivity index (χ1) is 15.1. The molecule has 32 heavy (non-hydrogen) atoms. The van der Waals surface area contributed by atoms with Crippen molar-refractivity contribution in [3.8, 4) is 0 Å². The Kier molecular flexibility index (Phi) is 12.0. The molecule has 0 saturated carbocycles. The largest absolute Gasteiger partial charge is 0.480 e. The van der Waals surface area contributed by atoms with Crippen LogP contribution in [0.2, 0.25) is 0 Å². The second kappa shape index (κ2) is 13.9. The lowest BCUT2D eigenvalue weighted by atomic mass is 10.1. The molecule has 0 aromatic carbocycles. The molecule has 4 atom stereocenters. The molecule has 1 fully saturated rings. The van der Waals surface area contributed by atoms with E-state index in [0.29, 0.717) is 38.6 Å². The molecular formula is C19H34N6O6S. The summed E-state index contributed by atoms with van der Waals surface area (Å²) in [5, 5.41) is 14.3. The van der Waals surface area contributed by atoms with Crippen LogP contribution in [0.5, 0.6) is 0 Å². The smallest absolute Gasteiger partial charge is 0.326 e. The van der Waals surface area contributed by atoms with Gasteiger partial charge >= 0.3 is 5.97 Å². The van der Waals surface area contributed by atoms with E-state index in [1.54, 1.807) is 0 Å². The molecule has 13 heteroatoms. The first kappa shape index (κ1) is 27.7. The number of unbranched alkanes of at least 4 members (excludes halogenated alkanes) is 1. The molecule has 9 N–H and O–H groups in total. The molecule has 0 aromatic rings. The number of carbonyl (C=O) groups is 5. The van der Waals surface area contributed by atoms with Crippen LogP contribution in [0.15, 0.2) is 0 Å². The van der Waals surface area contributed by atoms with Crippen LogP contribution in [0, 0.1) is 0 Å². The highest BCUT2D eigenvalue weighted by atomic mass is 32.1. The average molecular weight is 475 g/mol. The molecule has 0 spiro atoms. The van der Waals surface area contributed by atoms with Crippen molar-refractivity contribution in [3.63, 3.8) is 0 Å². The van der Waals surface area contributed by atoms with E-state index in [1.165, 1.54) is 4.90 Å². The van der Waals surface area contributed by atoms with E-state index in [4.69, 9.17) is 17.2 Å². The van der Waals surface area contributed by atoms with Gasteiger partial charge in [-0.25, -0.2) is 4.79 Å². The fourth-order valence-electron chi connectivity index (χ4n) is 3.42. The molecule has 4 unspecified atom stereocenters. The normalized spacial score (nSPS) is 18.5. The fourth-order valence-corrected chi connectivity index (χ4v) is 3.67. The first-order valence-corrected chi connectivity index (χ1v) is 11.2. The Morgan fingerprint density at radius 1 is 1.06 bits per heavy atom. The lowest BCUT2D eigenvalue weighted by Gasteiger charge is -2.28. The number of hydrogen-bond acceptors (Lipinski definition) is 8. The molecule has 0 aromatic heterocycles. The minimum Gasteiger partial charge on any atom is -0.480 e. The van der Waals surface area contributed by atoms with Crippen LogP contribution in [0.1, 0.15) is 44.9 Å². The molecule has 1 saturated heterocycles. The average Bonchev–Trinajstić information content (AvgIpc) is 3.24. The Hall–Kier alpha value is -2.38. The minimum absolute atomic E-state index is 0.0809. The van der Waals surface area contributed by atoms with Gasteiger partial charge in [-0.2, -0.15) is 12.6 Å². The van der Waals surface area contributed by atoms with Crippen LogP contribution in [0.4, 0.5) is 0 Å². The molecule has 0 aliphatic carbocycles. The second-order valence-electron chi connectivity index (χ2n) is 7.73. The summed E-state index contributed by atoms with van der Waals surface area (Å²) in [5.41, 5.74) is 16.5. The van der Waals surface area contributed by atoms with Crippen LogP contribution in [0.3, 0.4) is 0 Å². The molecule has 0 bridgehead atoms. The molecule has 1 rings (SSSR count). The third-order valence-electron chi connectivity index (χ3n) is 5.24. The quantitative estimate of drug-likeness (QED) is 0.107. The van der Waals surface area contributed by atoms with Gasteiger partial charge in [0, 0.05) is 18.7 Å². The number of aliphatic carboxylic acids is 1. The fraction of sp³-hybridized carbons (Fsp3) is 0.737. The third kappa shape index (κ3) is 8.63. The van der Waals surface area contributed by atoms with Gasteiger partial charge < -0.3 is 37.8 Å². The van der Waals surface area contributed by atoms with Crippen molar-refractivity contribution < 1.29 is 29.1 Å². The number of carbonyl (C=O) groups excluding carboxylic acids is 4. The van der Waals surface area contributed by atoms with Gasteiger partial charge in [0.15, 0.2) is 0 Å². The molecule has 1 aliphatic heterocycles. The number of rotatable bonds is 14.